The van der Waals surface area contributed by atoms with Gasteiger partial charge in [-0.3, -0.25) is 14.4 Å². The first kappa shape index (κ1) is 35.8. The van der Waals surface area contributed by atoms with Gasteiger partial charge in [0.15, 0.2) is 0 Å². The highest BCUT2D eigenvalue weighted by molar-refractivity contribution is 5.96. The molecule has 1 saturated heterocycles. The van der Waals surface area contributed by atoms with Crippen LogP contribution in [0.25, 0.3) is 0 Å². The van der Waals surface area contributed by atoms with Gasteiger partial charge in [0, 0.05) is 19.2 Å². The van der Waals surface area contributed by atoms with Crippen molar-refractivity contribution in [3.8, 4) is 0 Å². The lowest BCUT2D eigenvalue weighted by Crippen LogP contribution is -2.61. The topological polar surface area (TPSA) is 108 Å². The first-order valence-electron chi connectivity index (χ1n) is 15.8. The number of methoxy groups -OCH3 is 1. The highest BCUT2D eigenvalue weighted by Crippen LogP contribution is 2.41. The monoisotopic (exact) mass is 590 g/mol. The van der Waals surface area contributed by atoms with Crippen LogP contribution in [0.4, 0.5) is 0 Å². The fourth-order valence-corrected chi connectivity index (χ4v) is 6.84. The number of esters is 1. The predicted octanol–water partition coefficient (Wildman–Crippen LogP) is 4.31. The summed E-state index contributed by atoms with van der Waals surface area (Å²) in [6, 6.07) is -2.17. The van der Waals surface area contributed by atoms with Crippen LogP contribution in [0.2, 0.25) is 0 Å². The maximum Gasteiger partial charge on any atom is 0.328 e. The lowest BCUT2D eigenvalue weighted by Gasteiger charge is -2.43. The molecular weight excluding hydrogens is 532 g/mol. The molecule has 0 aromatic heterocycles. The van der Waals surface area contributed by atoms with E-state index in [1.54, 1.807) is 23.8 Å². The van der Waals surface area contributed by atoms with E-state index >= 15 is 0 Å². The number of amides is 3. The van der Waals surface area contributed by atoms with Crippen LogP contribution in [0, 0.1) is 22.7 Å². The summed E-state index contributed by atoms with van der Waals surface area (Å²) < 4.78 is 4.91. The van der Waals surface area contributed by atoms with Gasteiger partial charge in [-0.1, -0.05) is 73.8 Å². The van der Waals surface area contributed by atoms with Crippen LogP contribution >= 0.6 is 0 Å². The minimum Gasteiger partial charge on any atom is -0.467 e. The Morgan fingerprint density at radius 2 is 1.55 bits per heavy atom. The zero-order chi connectivity index (χ0) is 32.0. The molecule has 240 valence electrons. The first-order valence-corrected chi connectivity index (χ1v) is 15.8. The second-order valence-electron chi connectivity index (χ2n) is 14.4. The van der Waals surface area contributed by atoms with Crippen LogP contribution in [0.1, 0.15) is 100 Å². The Kier molecular flexibility index (Phi) is 12.6. The average Bonchev–Trinajstić information content (AvgIpc) is 3.43. The summed E-state index contributed by atoms with van der Waals surface area (Å²) in [5.41, 5.74) is -0.340. The molecule has 0 aromatic rings. The van der Waals surface area contributed by atoms with Gasteiger partial charge >= 0.3 is 5.97 Å². The molecule has 4 atom stereocenters. The third-order valence-corrected chi connectivity index (χ3v) is 9.57. The van der Waals surface area contributed by atoms with E-state index in [9.17, 15) is 19.2 Å². The van der Waals surface area contributed by atoms with Crippen molar-refractivity contribution in [2.45, 2.75) is 125 Å². The molecule has 0 spiro atoms. The summed E-state index contributed by atoms with van der Waals surface area (Å²) in [6.45, 7) is 16.4. The fraction of sp³-hybridized carbons (Fsp3) is 0.818. The van der Waals surface area contributed by atoms with Crippen molar-refractivity contribution in [3.05, 3.63) is 11.6 Å². The minimum absolute atomic E-state index is 0.00305. The number of likely N-dealkylation sites (N-methyl/N-ethyl adjacent to an activating group) is 2. The van der Waals surface area contributed by atoms with Gasteiger partial charge in [-0.2, -0.15) is 0 Å². The van der Waals surface area contributed by atoms with E-state index in [0.29, 0.717) is 24.5 Å². The normalized spacial score (nSPS) is 21.1. The Bertz CT molecular complexity index is 993. The fourth-order valence-electron chi connectivity index (χ4n) is 6.84. The SMILES string of the molecule is CN[C@H](C(=O)N[C@H](C(=O)N(C)[C@H](C=C(C)C(=O)N1CCC[C@H]1C(=O)OC)C(C)C)C(C)(C)C)C(C)(C)C1CCCCC1. The molecule has 42 heavy (non-hydrogen) atoms. The lowest BCUT2D eigenvalue weighted by molar-refractivity contribution is -0.149. The second-order valence-corrected chi connectivity index (χ2v) is 14.4. The van der Waals surface area contributed by atoms with Crippen molar-refractivity contribution in [2.24, 2.45) is 22.7 Å². The van der Waals surface area contributed by atoms with Gasteiger partial charge in [0.05, 0.1) is 19.2 Å². The molecule has 2 N–H and O–H groups in total. The summed E-state index contributed by atoms with van der Waals surface area (Å²) in [4.78, 5) is 56.8. The molecule has 2 aliphatic rings. The van der Waals surface area contributed by atoms with E-state index in [0.717, 1.165) is 19.3 Å². The van der Waals surface area contributed by atoms with Gasteiger partial charge in [-0.25, -0.2) is 4.79 Å². The van der Waals surface area contributed by atoms with Gasteiger partial charge in [-0.05, 0) is 62.3 Å². The van der Waals surface area contributed by atoms with Gasteiger partial charge in [0.1, 0.15) is 12.1 Å². The van der Waals surface area contributed by atoms with Crippen molar-refractivity contribution >= 4 is 23.7 Å². The van der Waals surface area contributed by atoms with Crippen molar-refractivity contribution in [2.75, 3.05) is 27.7 Å². The standard InChI is InChI=1S/C33H58N4O5/c1-21(2)25(20-22(3)29(39)37-19-15-18-24(37)31(41)42-11)36(10)30(40)27(32(4,5)6)35-28(38)26(34-9)33(7,8)23-16-13-12-14-17-23/h20-21,23-27,34H,12-19H2,1-11H3,(H,35,38)/t24-,25+,26+,27+/m0/s1. The zero-order valence-electron chi connectivity index (χ0n) is 28.1. The number of hydrogen-bond acceptors (Lipinski definition) is 6. The third kappa shape index (κ3) is 8.35. The van der Waals surface area contributed by atoms with Crippen LogP contribution in [-0.4, -0.2) is 85.4 Å². The Morgan fingerprint density at radius 3 is 2.05 bits per heavy atom. The zero-order valence-corrected chi connectivity index (χ0v) is 28.1. The van der Waals surface area contributed by atoms with Gasteiger partial charge in [-0.15, -0.1) is 0 Å². The maximum atomic E-state index is 14.1. The Morgan fingerprint density at radius 1 is 0.952 bits per heavy atom. The smallest absolute Gasteiger partial charge is 0.328 e. The average molecular weight is 591 g/mol. The molecule has 9 nitrogen and oxygen atoms in total. The molecular formula is C33H58N4O5. The molecule has 0 radical (unpaired) electrons. The number of likely N-dealkylation sites (tertiary alicyclic amines) is 1. The maximum absolute atomic E-state index is 14.1. The van der Waals surface area contributed by atoms with Crippen LogP contribution in [0.3, 0.4) is 0 Å². The predicted molar refractivity (Wildman–Crippen MR) is 166 cm³/mol. The van der Waals surface area contributed by atoms with Crippen molar-refractivity contribution in [3.63, 3.8) is 0 Å². The highest BCUT2D eigenvalue weighted by atomic mass is 16.5. The first-order chi connectivity index (χ1) is 19.5. The summed E-state index contributed by atoms with van der Waals surface area (Å²) in [7, 11) is 4.89. The number of nitrogens with zero attached hydrogens (tertiary/aromatic N) is 2. The summed E-state index contributed by atoms with van der Waals surface area (Å²) >= 11 is 0. The van der Waals surface area contributed by atoms with Crippen LogP contribution in [0.15, 0.2) is 11.6 Å². The molecule has 0 bridgehead atoms. The van der Waals surface area contributed by atoms with Crippen molar-refractivity contribution in [1.29, 1.82) is 0 Å². The molecule has 0 unspecified atom stereocenters. The second kappa shape index (κ2) is 14.8. The van der Waals surface area contributed by atoms with E-state index in [2.05, 4.69) is 24.5 Å². The molecule has 1 aliphatic carbocycles. The Hall–Kier alpha value is -2.42. The molecule has 9 heteroatoms. The molecule has 1 heterocycles. The molecule has 3 amide bonds. The number of rotatable bonds is 11. The summed E-state index contributed by atoms with van der Waals surface area (Å²) in [5.74, 6) is -0.561. The summed E-state index contributed by atoms with van der Waals surface area (Å²) in [6.07, 6.45) is 8.99. The number of carbonyl (C=O) groups is 4. The highest BCUT2D eigenvalue weighted by Gasteiger charge is 2.44. The van der Waals surface area contributed by atoms with E-state index in [4.69, 9.17) is 4.74 Å². The molecule has 2 rings (SSSR count). The van der Waals surface area contributed by atoms with Gasteiger partial charge in [0.2, 0.25) is 17.7 Å². The van der Waals surface area contributed by atoms with Crippen LogP contribution < -0.4 is 10.6 Å². The van der Waals surface area contributed by atoms with E-state index in [1.807, 2.05) is 47.7 Å². The van der Waals surface area contributed by atoms with Crippen molar-refractivity contribution in [1.82, 2.24) is 20.4 Å². The van der Waals surface area contributed by atoms with E-state index in [1.165, 1.54) is 26.4 Å². The van der Waals surface area contributed by atoms with Crippen LogP contribution in [0.5, 0.6) is 0 Å². The van der Waals surface area contributed by atoms with Crippen molar-refractivity contribution < 1.29 is 23.9 Å². The molecule has 1 saturated carbocycles. The molecule has 0 aromatic carbocycles. The number of hydrogen-bond donors (Lipinski definition) is 2. The molecule has 2 fully saturated rings. The molecule has 1 aliphatic heterocycles. The Labute approximate surface area is 254 Å². The minimum atomic E-state index is -0.763. The van der Waals surface area contributed by atoms with Gasteiger partial charge < -0.3 is 25.2 Å². The number of ether oxygens (including phenoxy) is 1. The van der Waals surface area contributed by atoms with Crippen LogP contribution in [-0.2, 0) is 23.9 Å². The largest absolute Gasteiger partial charge is 0.467 e. The third-order valence-electron chi connectivity index (χ3n) is 9.57. The van der Waals surface area contributed by atoms with Gasteiger partial charge in [0.25, 0.3) is 0 Å². The quantitative estimate of drug-likeness (QED) is 0.274. The van der Waals surface area contributed by atoms with E-state index < -0.39 is 29.5 Å². The van der Waals surface area contributed by atoms with E-state index in [-0.39, 0.29) is 35.1 Å². The number of nitrogens with one attached hydrogen (secondary N) is 2. The lowest BCUT2D eigenvalue weighted by atomic mass is 9.66. The number of carbonyl (C=O) groups excluding carboxylic acids is 4. The summed E-state index contributed by atoms with van der Waals surface area (Å²) in [5, 5.41) is 6.40. The Balaban J connectivity index is 2.29.